The minimum absolute atomic E-state index is 0.383. The van der Waals surface area contributed by atoms with E-state index in [9.17, 15) is 0 Å². The molecule has 0 aliphatic heterocycles. The van der Waals surface area contributed by atoms with Crippen molar-refractivity contribution in [2.45, 2.75) is 40.2 Å². The molecule has 1 N–H and O–H groups in total. The highest BCUT2D eigenvalue weighted by Crippen LogP contribution is 2.18. The Morgan fingerprint density at radius 2 is 2.06 bits per heavy atom. The van der Waals surface area contributed by atoms with Crippen molar-refractivity contribution in [2.75, 3.05) is 25.0 Å². The van der Waals surface area contributed by atoms with Gasteiger partial charge in [0.2, 0.25) is 0 Å². The van der Waals surface area contributed by atoms with E-state index >= 15 is 0 Å². The molecule has 0 amide bonds. The second kappa shape index (κ2) is 7.37. The third kappa shape index (κ3) is 4.30. The third-order valence-electron chi connectivity index (χ3n) is 3.45. The molecule has 2 unspecified atom stereocenters. The van der Waals surface area contributed by atoms with Gasteiger partial charge in [-0.1, -0.05) is 27.2 Å². The number of anilines is 1. The van der Waals surface area contributed by atoms with Gasteiger partial charge in [0.25, 0.3) is 0 Å². The van der Waals surface area contributed by atoms with Gasteiger partial charge in [0.1, 0.15) is 5.82 Å². The summed E-state index contributed by atoms with van der Waals surface area (Å²) >= 11 is 0. The fourth-order valence-electron chi connectivity index (χ4n) is 2.03. The second-order valence-corrected chi connectivity index (χ2v) is 5.12. The minimum atomic E-state index is 0.383. The molecule has 0 saturated heterocycles. The van der Waals surface area contributed by atoms with Crippen LogP contribution in [0.5, 0.6) is 0 Å². The van der Waals surface area contributed by atoms with E-state index in [4.69, 9.17) is 0 Å². The summed E-state index contributed by atoms with van der Waals surface area (Å²) in [5.41, 5.74) is 1.30. The van der Waals surface area contributed by atoms with Gasteiger partial charge in [0, 0.05) is 25.8 Å². The molecule has 0 radical (unpaired) electrons. The molecular weight excluding hydrogens is 222 g/mol. The van der Waals surface area contributed by atoms with Crippen LogP contribution in [0.2, 0.25) is 0 Å². The molecule has 1 rings (SSSR count). The van der Waals surface area contributed by atoms with Crippen LogP contribution in [0, 0.1) is 5.92 Å². The predicted molar refractivity (Wildman–Crippen MR) is 79.1 cm³/mol. The third-order valence-corrected chi connectivity index (χ3v) is 3.45. The van der Waals surface area contributed by atoms with Crippen molar-refractivity contribution in [3.05, 3.63) is 23.9 Å². The summed E-state index contributed by atoms with van der Waals surface area (Å²) < 4.78 is 0. The number of rotatable bonds is 7. The summed E-state index contributed by atoms with van der Waals surface area (Å²) in [5, 5.41) is 3.43. The molecule has 18 heavy (non-hydrogen) atoms. The van der Waals surface area contributed by atoms with Gasteiger partial charge < -0.3 is 10.2 Å². The predicted octanol–water partition coefficient (Wildman–Crippen LogP) is 3.23. The largest absolute Gasteiger partial charge is 0.359 e. The summed E-state index contributed by atoms with van der Waals surface area (Å²) in [6.45, 7) is 10.9. The lowest BCUT2D eigenvalue weighted by molar-refractivity contribution is 0.556. The molecule has 0 fully saturated rings. The van der Waals surface area contributed by atoms with E-state index in [1.54, 1.807) is 0 Å². The first-order chi connectivity index (χ1) is 8.58. The van der Waals surface area contributed by atoms with Gasteiger partial charge in [0.05, 0.1) is 0 Å². The average molecular weight is 249 g/mol. The monoisotopic (exact) mass is 249 g/mol. The van der Waals surface area contributed by atoms with Gasteiger partial charge >= 0.3 is 0 Å². The summed E-state index contributed by atoms with van der Waals surface area (Å²) in [6, 6.07) is 4.66. The van der Waals surface area contributed by atoms with E-state index in [1.807, 2.05) is 6.20 Å². The summed E-state index contributed by atoms with van der Waals surface area (Å²) in [6.07, 6.45) is 3.11. The van der Waals surface area contributed by atoms with E-state index in [1.165, 1.54) is 12.0 Å². The lowest BCUT2D eigenvalue weighted by Gasteiger charge is -2.23. The van der Waals surface area contributed by atoms with Crippen molar-refractivity contribution in [1.29, 1.82) is 0 Å². The van der Waals surface area contributed by atoms with Crippen molar-refractivity contribution < 1.29 is 0 Å². The van der Waals surface area contributed by atoms with Crippen LogP contribution in [0.1, 0.15) is 45.7 Å². The smallest absolute Gasteiger partial charge is 0.128 e. The van der Waals surface area contributed by atoms with E-state index in [0.717, 1.165) is 18.9 Å². The number of nitrogens with one attached hydrogen (secondary N) is 1. The quantitative estimate of drug-likeness (QED) is 0.804. The Morgan fingerprint density at radius 3 is 2.67 bits per heavy atom. The van der Waals surface area contributed by atoms with E-state index in [2.05, 4.69) is 62.1 Å². The molecule has 3 nitrogen and oxygen atoms in total. The van der Waals surface area contributed by atoms with Crippen LogP contribution in [0.3, 0.4) is 0 Å². The Labute approximate surface area is 112 Å². The molecule has 1 aromatic heterocycles. The second-order valence-electron chi connectivity index (χ2n) is 5.12. The normalized spacial score (nSPS) is 14.3. The van der Waals surface area contributed by atoms with Crippen molar-refractivity contribution >= 4 is 5.82 Å². The van der Waals surface area contributed by atoms with Crippen LogP contribution in [0.15, 0.2) is 18.3 Å². The first-order valence-corrected chi connectivity index (χ1v) is 6.98. The van der Waals surface area contributed by atoms with Crippen LogP contribution in [-0.4, -0.2) is 25.1 Å². The average Bonchev–Trinajstić information content (AvgIpc) is 2.39. The standard InChI is InChI=1S/C15H27N3/c1-6-12(3)11-18(5)15-10-14(8-9-17-15)13(4)16-7-2/h8-10,12-13,16H,6-7,11H2,1-5H3. The maximum atomic E-state index is 4.47. The van der Waals surface area contributed by atoms with Gasteiger partial charge in [0.15, 0.2) is 0 Å². The van der Waals surface area contributed by atoms with Crippen LogP contribution in [-0.2, 0) is 0 Å². The summed E-state index contributed by atoms with van der Waals surface area (Å²) in [4.78, 5) is 6.71. The maximum Gasteiger partial charge on any atom is 0.128 e. The summed E-state index contributed by atoms with van der Waals surface area (Å²) in [7, 11) is 2.12. The highest BCUT2D eigenvalue weighted by molar-refractivity contribution is 5.41. The van der Waals surface area contributed by atoms with Gasteiger partial charge in [-0.05, 0) is 37.1 Å². The molecule has 0 aliphatic rings. The molecule has 3 heteroatoms. The zero-order valence-corrected chi connectivity index (χ0v) is 12.4. The Bertz CT molecular complexity index is 351. The molecular formula is C15H27N3. The number of pyridine rings is 1. The van der Waals surface area contributed by atoms with Crippen molar-refractivity contribution in [3.63, 3.8) is 0 Å². The van der Waals surface area contributed by atoms with Crippen LogP contribution < -0.4 is 10.2 Å². The fraction of sp³-hybridized carbons (Fsp3) is 0.667. The molecule has 0 spiro atoms. The lowest BCUT2D eigenvalue weighted by atomic mass is 10.1. The van der Waals surface area contributed by atoms with Gasteiger partial charge in [-0.3, -0.25) is 0 Å². The maximum absolute atomic E-state index is 4.47. The number of nitrogens with zero attached hydrogens (tertiary/aromatic N) is 2. The summed E-state index contributed by atoms with van der Waals surface area (Å²) in [5.74, 6) is 1.77. The molecule has 0 bridgehead atoms. The number of hydrogen-bond donors (Lipinski definition) is 1. The molecule has 1 aromatic rings. The molecule has 1 heterocycles. The highest BCUT2D eigenvalue weighted by Gasteiger charge is 2.09. The van der Waals surface area contributed by atoms with E-state index < -0.39 is 0 Å². The number of hydrogen-bond acceptors (Lipinski definition) is 3. The van der Waals surface area contributed by atoms with Crippen molar-refractivity contribution in [1.82, 2.24) is 10.3 Å². The van der Waals surface area contributed by atoms with Crippen LogP contribution in [0.25, 0.3) is 0 Å². The topological polar surface area (TPSA) is 28.2 Å². The highest BCUT2D eigenvalue weighted by atomic mass is 15.2. The lowest BCUT2D eigenvalue weighted by Crippen LogP contribution is -2.25. The Hall–Kier alpha value is -1.09. The molecule has 0 aromatic carbocycles. The van der Waals surface area contributed by atoms with Crippen molar-refractivity contribution in [3.8, 4) is 0 Å². The van der Waals surface area contributed by atoms with Crippen LogP contribution >= 0.6 is 0 Å². The van der Waals surface area contributed by atoms with Gasteiger partial charge in [-0.25, -0.2) is 4.98 Å². The van der Waals surface area contributed by atoms with E-state index in [-0.39, 0.29) is 0 Å². The fourth-order valence-corrected chi connectivity index (χ4v) is 2.03. The molecule has 0 saturated carbocycles. The van der Waals surface area contributed by atoms with Gasteiger partial charge in [-0.2, -0.15) is 0 Å². The SMILES string of the molecule is CCNC(C)c1ccnc(N(C)CC(C)CC)c1. The zero-order chi connectivity index (χ0) is 13.5. The Morgan fingerprint density at radius 1 is 1.33 bits per heavy atom. The minimum Gasteiger partial charge on any atom is -0.359 e. The molecule has 102 valence electrons. The van der Waals surface area contributed by atoms with Crippen molar-refractivity contribution in [2.24, 2.45) is 5.92 Å². The number of aromatic nitrogens is 1. The molecule has 2 atom stereocenters. The Kier molecular flexibility index (Phi) is 6.13. The first kappa shape index (κ1) is 15.0. The zero-order valence-electron chi connectivity index (χ0n) is 12.4. The Balaban J connectivity index is 2.74. The van der Waals surface area contributed by atoms with Gasteiger partial charge in [-0.15, -0.1) is 0 Å². The van der Waals surface area contributed by atoms with Crippen LogP contribution in [0.4, 0.5) is 5.82 Å². The van der Waals surface area contributed by atoms with E-state index in [0.29, 0.717) is 12.0 Å². The molecule has 0 aliphatic carbocycles. The first-order valence-electron chi connectivity index (χ1n) is 6.98.